The second-order valence-electron chi connectivity index (χ2n) is 4.91. The second kappa shape index (κ2) is 5.17. The lowest BCUT2D eigenvalue weighted by Gasteiger charge is -2.05. The van der Waals surface area contributed by atoms with Crippen LogP contribution >= 0.6 is 11.6 Å². The molecule has 0 unspecified atom stereocenters. The molecule has 1 N–H and O–H groups in total. The maximum Gasteiger partial charge on any atom is 0.328 e. The van der Waals surface area contributed by atoms with E-state index >= 15 is 0 Å². The van der Waals surface area contributed by atoms with Gasteiger partial charge in [-0.3, -0.25) is 13.9 Å². The number of hydrogen-bond donors (Lipinski definition) is 1. The summed E-state index contributed by atoms with van der Waals surface area (Å²) in [5.41, 5.74) is 0.492. The van der Waals surface area contributed by atoms with Crippen LogP contribution < -0.4 is 11.0 Å². The molecular formula is C14H14ClN3O2. The van der Waals surface area contributed by atoms with Crippen molar-refractivity contribution in [2.45, 2.75) is 25.4 Å². The van der Waals surface area contributed by atoms with Crippen LogP contribution in [-0.2, 0) is 11.3 Å². The van der Waals surface area contributed by atoms with E-state index < -0.39 is 0 Å². The van der Waals surface area contributed by atoms with Gasteiger partial charge in [-0.25, -0.2) is 4.79 Å². The highest BCUT2D eigenvalue weighted by Crippen LogP contribution is 2.33. The SMILES string of the molecule is O=C(Cn1ccn(C2CC2)c1=O)Nc1cccc(Cl)c1. The summed E-state index contributed by atoms with van der Waals surface area (Å²) in [5, 5.41) is 3.28. The summed E-state index contributed by atoms with van der Waals surface area (Å²) in [6, 6.07) is 7.23. The minimum absolute atomic E-state index is 0.00503. The standard InChI is InChI=1S/C14H14ClN3O2/c15-10-2-1-3-11(8-10)16-13(19)9-17-6-7-18(14(17)20)12-4-5-12/h1-3,6-8,12H,4-5,9H2,(H,16,19). The summed E-state index contributed by atoms with van der Waals surface area (Å²) in [6.45, 7) is 0.00503. The number of hydrogen-bond acceptors (Lipinski definition) is 2. The van der Waals surface area contributed by atoms with Gasteiger partial charge >= 0.3 is 5.69 Å². The topological polar surface area (TPSA) is 56.0 Å². The van der Waals surface area contributed by atoms with Crippen LogP contribution in [-0.4, -0.2) is 15.0 Å². The van der Waals surface area contributed by atoms with E-state index in [0.717, 1.165) is 12.8 Å². The fourth-order valence-corrected chi connectivity index (χ4v) is 2.29. The van der Waals surface area contributed by atoms with Crippen molar-refractivity contribution in [3.05, 3.63) is 52.2 Å². The first-order chi connectivity index (χ1) is 9.63. The van der Waals surface area contributed by atoms with Crippen molar-refractivity contribution in [2.75, 3.05) is 5.32 Å². The summed E-state index contributed by atoms with van der Waals surface area (Å²) in [4.78, 5) is 23.9. The van der Waals surface area contributed by atoms with Gasteiger partial charge in [-0.1, -0.05) is 17.7 Å². The molecule has 5 nitrogen and oxygen atoms in total. The Hall–Kier alpha value is -2.01. The Kier molecular flexibility index (Phi) is 3.36. The number of benzene rings is 1. The Morgan fingerprint density at radius 1 is 1.35 bits per heavy atom. The number of anilines is 1. The monoisotopic (exact) mass is 291 g/mol. The van der Waals surface area contributed by atoms with Gasteiger partial charge in [0, 0.05) is 29.1 Å². The first-order valence-electron chi connectivity index (χ1n) is 6.46. The van der Waals surface area contributed by atoms with Crippen LogP contribution in [0.5, 0.6) is 0 Å². The number of halogens is 1. The summed E-state index contributed by atoms with van der Waals surface area (Å²) < 4.78 is 3.10. The largest absolute Gasteiger partial charge is 0.328 e. The zero-order valence-electron chi connectivity index (χ0n) is 10.8. The molecular weight excluding hydrogens is 278 g/mol. The molecule has 104 valence electrons. The number of carbonyl (C=O) groups is 1. The Morgan fingerprint density at radius 3 is 2.85 bits per heavy atom. The molecule has 1 aliphatic carbocycles. The molecule has 0 saturated heterocycles. The number of amides is 1. The molecule has 1 fully saturated rings. The molecule has 2 aromatic rings. The minimum atomic E-state index is -0.247. The van der Waals surface area contributed by atoms with Crippen molar-refractivity contribution in [3.8, 4) is 0 Å². The van der Waals surface area contributed by atoms with E-state index in [1.807, 2.05) is 0 Å². The lowest BCUT2D eigenvalue weighted by atomic mass is 10.3. The molecule has 1 heterocycles. The number of nitrogens with zero attached hydrogens (tertiary/aromatic N) is 2. The fraction of sp³-hybridized carbons (Fsp3) is 0.286. The van der Waals surface area contributed by atoms with Gasteiger partial charge in [0.2, 0.25) is 5.91 Å². The van der Waals surface area contributed by atoms with E-state index in [2.05, 4.69) is 5.32 Å². The third-order valence-corrected chi connectivity index (χ3v) is 3.47. The van der Waals surface area contributed by atoms with Crippen LogP contribution in [0.2, 0.25) is 5.02 Å². The molecule has 3 rings (SSSR count). The molecule has 0 bridgehead atoms. The van der Waals surface area contributed by atoms with Crippen LogP contribution in [0.1, 0.15) is 18.9 Å². The minimum Gasteiger partial charge on any atom is -0.324 e. The average Bonchev–Trinajstić information content (AvgIpc) is 3.17. The Labute approximate surface area is 120 Å². The highest BCUT2D eigenvalue weighted by atomic mass is 35.5. The Balaban J connectivity index is 1.68. The highest BCUT2D eigenvalue weighted by Gasteiger charge is 2.25. The molecule has 0 aliphatic heterocycles. The van der Waals surface area contributed by atoms with Gasteiger partial charge < -0.3 is 5.32 Å². The predicted molar refractivity (Wildman–Crippen MR) is 77.0 cm³/mol. The number of nitrogens with one attached hydrogen (secondary N) is 1. The van der Waals surface area contributed by atoms with E-state index in [0.29, 0.717) is 16.8 Å². The maximum absolute atomic E-state index is 12.0. The van der Waals surface area contributed by atoms with Crippen molar-refractivity contribution >= 4 is 23.2 Å². The van der Waals surface area contributed by atoms with Gasteiger partial charge in [0.1, 0.15) is 6.54 Å². The van der Waals surface area contributed by atoms with Gasteiger partial charge in [-0.05, 0) is 31.0 Å². The van der Waals surface area contributed by atoms with Gasteiger partial charge in [0.05, 0.1) is 0 Å². The quantitative estimate of drug-likeness (QED) is 0.939. The summed E-state index contributed by atoms with van der Waals surface area (Å²) >= 11 is 5.85. The van der Waals surface area contributed by atoms with Gasteiger partial charge in [0.25, 0.3) is 0 Å². The zero-order chi connectivity index (χ0) is 14.1. The van der Waals surface area contributed by atoms with E-state index in [1.165, 1.54) is 4.57 Å². The van der Waals surface area contributed by atoms with Crippen molar-refractivity contribution in [1.82, 2.24) is 9.13 Å². The molecule has 1 aromatic heterocycles. The maximum atomic E-state index is 12.0. The third-order valence-electron chi connectivity index (χ3n) is 3.24. The van der Waals surface area contributed by atoms with Crippen molar-refractivity contribution in [2.24, 2.45) is 0 Å². The van der Waals surface area contributed by atoms with Crippen LogP contribution in [0.4, 0.5) is 5.69 Å². The molecule has 20 heavy (non-hydrogen) atoms. The molecule has 0 radical (unpaired) electrons. The molecule has 0 atom stereocenters. The van der Waals surface area contributed by atoms with Crippen molar-refractivity contribution in [1.29, 1.82) is 0 Å². The predicted octanol–water partition coefficient (Wildman–Crippen LogP) is 2.28. The molecule has 1 aromatic carbocycles. The first kappa shape index (κ1) is 13.0. The lowest BCUT2D eigenvalue weighted by molar-refractivity contribution is -0.116. The van der Waals surface area contributed by atoms with E-state index in [1.54, 1.807) is 41.2 Å². The van der Waals surface area contributed by atoms with Gasteiger partial charge in [0.15, 0.2) is 0 Å². The number of imidazole rings is 1. The normalized spacial score (nSPS) is 14.2. The van der Waals surface area contributed by atoms with Gasteiger partial charge in [-0.2, -0.15) is 0 Å². The number of carbonyl (C=O) groups excluding carboxylic acids is 1. The van der Waals surface area contributed by atoms with Crippen LogP contribution in [0.15, 0.2) is 41.5 Å². The zero-order valence-corrected chi connectivity index (χ0v) is 11.5. The Bertz CT molecular complexity index is 700. The molecule has 1 saturated carbocycles. The highest BCUT2D eigenvalue weighted by molar-refractivity contribution is 6.30. The van der Waals surface area contributed by atoms with E-state index in [-0.39, 0.29) is 18.1 Å². The van der Waals surface area contributed by atoms with Crippen LogP contribution in [0.3, 0.4) is 0 Å². The van der Waals surface area contributed by atoms with Gasteiger partial charge in [-0.15, -0.1) is 0 Å². The van der Waals surface area contributed by atoms with Crippen molar-refractivity contribution < 1.29 is 4.79 Å². The lowest BCUT2D eigenvalue weighted by Crippen LogP contribution is -2.28. The first-order valence-corrected chi connectivity index (χ1v) is 6.84. The smallest absolute Gasteiger partial charge is 0.324 e. The average molecular weight is 292 g/mol. The third kappa shape index (κ3) is 2.77. The Morgan fingerprint density at radius 2 is 2.15 bits per heavy atom. The molecule has 0 spiro atoms. The van der Waals surface area contributed by atoms with Crippen LogP contribution in [0, 0.1) is 0 Å². The molecule has 1 amide bonds. The van der Waals surface area contributed by atoms with Crippen molar-refractivity contribution in [3.63, 3.8) is 0 Å². The van der Waals surface area contributed by atoms with E-state index in [4.69, 9.17) is 11.6 Å². The second-order valence-corrected chi connectivity index (χ2v) is 5.34. The summed E-state index contributed by atoms with van der Waals surface area (Å²) in [5.74, 6) is -0.247. The molecule has 6 heteroatoms. The summed E-state index contributed by atoms with van der Waals surface area (Å²) in [6.07, 6.45) is 5.47. The van der Waals surface area contributed by atoms with Crippen LogP contribution in [0.25, 0.3) is 0 Å². The molecule has 1 aliphatic rings. The fourth-order valence-electron chi connectivity index (χ4n) is 2.10. The number of rotatable bonds is 4. The number of aromatic nitrogens is 2. The van der Waals surface area contributed by atoms with E-state index in [9.17, 15) is 9.59 Å². The summed E-state index contributed by atoms with van der Waals surface area (Å²) in [7, 11) is 0.